The van der Waals surface area contributed by atoms with Gasteiger partial charge in [0.1, 0.15) is 0 Å². The largest absolute Gasteiger partial charge is 0.369 e. The molecule has 2 N–H and O–H groups in total. The normalized spacial score (nSPS) is 11.2. The second kappa shape index (κ2) is 6.20. The van der Waals surface area contributed by atoms with E-state index in [1.165, 1.54) is 0 Å². The van der Waals surface area contributed by atoms with E-state index in [-0.39, 0.29) is 0 Å². The molecule has 3 aromatic rings. The Hall–Kier alpha value is -3.32. The molecule has 0 spiro atoms. The van der Waals surface area contributed by atoms with E-state index < -0.39 is 0 Å². The van der Waals surface area contributed by atoms with Crippen LogP contribution in [0.5, 0.6) is 0 Å². The Morgan fingerprint density at radius 1 is 1.04 bits per heavy atom. The number of anilines is 1. The third-order valence-corrected chi connectivity index (χ3v) is 3.71. The monoisotopic (exact) mass is 300 g/mol. The van der Waals surface area contributed by atoms with Gasteiger partial charge >= 0.3 is 0 Å². The van der Waals surface area contributed by atoms with Crippen molar-refractivity contribution in [1.82, 2.24) is 0 Å². The van der Waals surface area contributed by atoms with Gasteiger partial charge in [-0.3, -0.25) is 0 Å². The molecule has 0 aliphatic heterocycles. The Morgan fingerprint density at radius 2 is 1.78 bits per heavy atom. The van der Waals surface area contributed by atoms with Gasteiger partial charge in [-0.25, -0.2) is 4.99 Å². The van der Waals surface area contributed by atoms with E-state index in [0.717, 1.165) is 22.1 Å². The summed E-state index contributed by atoms with van der Waals surface area (Å²) in [4.78, 5) is 6.32. The maximum atomic E-state index is 9.01. The Morgan fingerprint density at radius 3 is 2.61 bits per heavy atom. The minimum Gasteiger partial charge on any atom is -0.369 e. The van der Waals surface area contributed by atoms with Gasteiger partial charge in [0.2, 0.25) is 5.96 Å². The van der Waals surface area contributed by atoms with Crippen LogP contribution in [0, 0.1) is 11.3 Å². The molecule has 0 atom stereocenters. The Balaban J connectivity index is 1.99. The van der Waals surface area contributed by atoms with Crippen LogP contribution in [0.2, 0.25) is 0 Å². The molecule has 0 aliphatic carbocycles. The summed E-state index contributed by atoms with van der Waals surface area (Å²) in [6, 6.07) is 23.4. The molecule has 0 fully saturated rings. The lowest BCUT2D eigenvalue weighted by Gasteiger charge is -2.18. The summed E-state index contributed by atoms with van der Waals surface area (Å²) in [7, 11) is 1.83. The van der Waals surface area contributed by atoms with Gasteiger partial charge < -0.3 is 10.6 Å². The smallest absolute Gasteiger partial charge is 0.200 e. The number of guanidine groups is 1. The maximum Gasteiger partial charge on any atom is 0.200 e. The van der Waals surface area contributed by atoms with Crippen molar-refractivity contribution in [2.45, 2.75) is 0 Å². The first-order valence-corrected chi connectivity index (χ1v) is 7.25. The number of aliphatic imine (C=N–C) groups is 1. The highest BCUT2D eigenvalue weighted by Crippen LogP contribution is 2.26. The number of hydrogen-bond acceptors (Lipinski definition) is 2. The van der Waals surface area contributed by atoms with Gasteiger partial charge in [-0.2, -0.15) is 5.26 Å². The van der Waals surface area contributed by atoms with Crippen LogP contribution >= 0.6 is 0 Å². The predicted molar refractivity (Wildman–Crippen MR) is 94.8 cm³/mol. The predicted octanol–water partition coefficient (Wildman–Crippen LogP) is 3.79. The highest BCUT2D eigenvalue weighted by atomic mass is 15.2. The number of rotatable bonds is 2. The molecular formula is C19H16N4. The van der Waals surface area contributed by atoms with Crippen LogP contribution in [-0.4, -0.2) is 13.0 Å². The fraction of sp³-hybridized carbons (Fsp3) is 0.0526. The Labute approximate surface area is 135 Å². The first-order valence-electron chi connectivity index (χ1n) is 7.25. The zero-order valence-corrected chi connectivity index (χ0v) is 12.8. The minimum atomic E-state index is 0.372. The Bertz CT molecular complexity index is 917. The van der Waals surface area contributed by atoms with Gasteiger partial charge in [0.05, 0.1) is 17.3 Å². The lowest BCUT2D eigenvalue weighted by molar-refractivity contribution is 1.22. The van der Waals surface area contributed by atoms with Crippen LogP contribution in [0.25, 0.3) is 10.8 Å². The topological polar surface area (TPSA) is 65.4 Å². The first-order chi connectivity index (χ1) is 11.2. The Kier molecular flexibility index (Phi) is 3.94. The van der Waals surface area contributed by atoms with Crippen molar-refractivity contribution in [3.8, 4) is 6.07 Å². The van der Waals surface area contributed by atoms with Gasteiger partial charge in [-0.05, 0) is 29.7 Å². The summed E-state index contributed by atoms with van der Waals surface area (Å²) in [5.41, 5.74) is 8.39. The third-order valence-electron chi connectivity index (χ3n) is 3.71. The second-order valence-corrected chi connectivity index (χ2v) is 5.19. The summed E-state index contributed by atoms with van der Waals surface area (Å²) < 4.78 is 0. The standard InChI is InChI=1S/C19H16N4/c1-23(16-9-4-6-14(12-16)13-20)19(21)22-18-11-5-8-15-7-2-3-10-17(15)18/h2-12H,1H3,(H2,21,22). The van der Waals surface area contributed by atoms with Crippen molar-refractivity contribution >= 4 is 28.1 Å². The lowest BCUT2D eigenvalue weighted by atomic mass is 10.1. The molecule has 0 aromatic heterocycles. The fourth-order valence-electron chi connectivity index (χ4n) is 2.42. The van der Waals surface area contributed by atoms with E-state index in [1.807, 2.05) is 61.6 Å². The quantitative estimate of drug-likeness (QED) is 0.578. The number of hydrogen-bond donors (Lipinski definition) is 1. The van der Waals surface area contributed by atoms with E-state index in [9.17, 15) is 0 Å². The molecule has 0 bridgehead atoms. The zero-order valence-electron chi connectivity index (χ0n) is 12.8. The summed E-state index contributed by atoms with van der Waals surface area (Å²) in [5.74, 6) is 0.372. The molecule has 112 valence electrons. The molecule has 0 amide bonds. The van der Waals surface area contributed by atoms with E-state index >= 15 is 0 Å². The van der Waals surface area contributed by atoms with Crippen molar-refractivity contribution in [3.63, 3.8) is 0 Å². The van der Waals surface area contributed by atoms with E-state index in [2.05, 4.69) is 11.1 Å². The van der Waals surface area contributed by atoms with E-state index in [1.54, 1.807) is 17.0 Å². The van der Waals surface area contributed by atoms with E-state index in [0.29, 0.717) is 11.5 Å². The molecule has 4 nitrogen and oxygen atoms in total. The number of benzene rings is 3. The number of fused-ring (bicyclic) bond motifs is 1. The summed E-state index contributed by atoms with van der Waals surface area (Å²) in [6.07, 6.45) is 0. The van der Waals surface area contributed by atoms with Gasteiger partial charge in [-0.15, -0.1) is 0 Å². The molecule has 3 aromatic carbocycles. The molecule has 4 heteroatoms. The van der Waals surface area contributed by atoms with Crippen molar-refractivity contribution in [2.75, 3.05) is 11.9 Å². The molecule has 0 unspecified atom stereocenters. The number of nitrogens with two attached hydrogens (primary N) is 1. The maximum absolute atomic E-state index is 9.01. The number of nitrogens with zero attached hydrogens (tertiary/aromatic N) is 3. The molecule has 0 saturated carbocycles. The molecule has 0 radical (unpaired) electrons. The summed E-state index contributed by atoms with van der Waals surface area (Å²) in [6.45, 7) is 0. The lowest BCUT2D eigenvalue weighted by Crippen LogP contribution is -2.33. The average molecular weight is 300 g/mol. The molecular weight excluding hydrogens is 284 g/mol. The minimum absolute atomic E-state index is 0.372. The van der Waals surface area contributed by atoms with Crippen LogP contribution in [0.15, 0.2) is 71.7 Å². The summed E-state index contributed by atoms with van der Waals surface area (Å²) in [5, 5.41) is 11.2. The highest BCUT2D eigenvalue weighted by Gasteiger charge is 2.07. The molecule has 0 saturated heterocycles. The van der Waals surface area contributed by atoms with Crippen molar-refractivity contribution in [1.29, 1.82) is 5.26 Å². The molecule has 23 heavy (non-hydrogen) atoms. The van der Waals surface area contributed by atoms with Crippen LogP contribution in [-0.2, 0) is 0 Å². The fourth-order valence-corrected chi connectivity index (χ4v) is 2.42. The van der Waals surface area contributed by atoms with Crippen LogP contribution in [0.1, 0.15) is 5.56 Å². The molecule has 0 aliphatic rings. The zero-order chi connectivity index (χ0) is 16.2. The van der Waals surface area contributed by atoms with Crippen LogP contribution in [0.3, 0.4) is 0 Å². The SMILES string of the molecule is CN(C(N)=Nc1cccc2ccccc12)c1cccc(C#N)c1. The van der Waals surface area contributed by atoms with Gasteiger partial charge in [-0.1, -0.05) is 42.5 Å². The van der Waals surface area contributed by atoms with Crippen molar-refractivity contribution < 1.29 is 0 Å². The summed E-state index contributed by atoms with van der Waals surface area (Å²) >= 11 is 0. The second-order valence-electron chi connectivity index (χ2n) is 5.19. The van der Waals surface area contributed by atoms with Crippen LogP contribution in [0.4, 0.5) is 11.4 Å². The van der Waals surface area contributed by atoms with E-state index in [4.69, 9.17) is 11.0 Å². The van der Waals surface area contributed by atoms with Gasteiger partial charge in [0, 0.05) is 18.1 Å². The van der Waals surface area contributed by atoms with Crippen molar-refractivity contribution in [3.05, 3.63) is 72.3 Å². The van der Waals surface area contributed by atoms with Gasteiger partial charge in [0.25, 0.3) is 0 Å². The van der Waals surface area contributed by atoms with Gasteiger partial charge in [0.15, 0.2) is 0 Å². The third kappa shape index (κ3) is 2.99. The first kappa shape index (κ1) is 14.6. The molecule has 0 heterocycles. The average Bonchev–Trinajstić information content (AvgIpc) is 2.61. The van der Waals surface area contributed by atoms with Crippen LogP contribution < -0.4 is 10.6 Å². The highest BCUT2D eigenvalue weighted by molar-refractivity contribution is 6.00. The van der Waals surface area contributed by atoms with Crippen molar-refractivity contribution in [2.24, 2.45) is 10.7 Å². The number of nitriles is 1. The molecule has 3 rings (SSSR count).